The molecule has 0 radical (unpaired) electrons. The van der Waals surface area contributed by atoms with E-state index >= 15 is 0 Å². The van der Waals surface area contributed by atoms with Crippen molar-refractivity contribution < 1.29 is 4.74 Å². The van der Waals surface area contributed by atoms with E-state index in [1.54, 1.807) is 0 Å². The fourth-order valence-corrected chi connectivity index (χ4v) is 2.03. The van der Waals surface area contributed by atoms with Crippen LogP contribution in [0.15, 0.2) is 24.3 Å². The molecule has 0 amide bonds. The molecule has 0 aliphatic heterocycles. The summed E-state index contributed by atoms with van der Waals surface area (Å²) in [7, 11) is 0. The van der Waals surface area contributed by atoms with Crippen molar-refractivity contribution >= 4 is 0 Å². The van der Waals surface area contributed by atoms with Crippen molar-refractivity contribution in [1.29, 1.82) is 0 Å². The fraction of sp³-hybridized carbons (Fsp3) is 0.600. The zero-order valence-electron chi connectivity index (χ0n) is 10.3. The Morgan fingerprint density at radius 3 is 2.53 bits per heavy atom. The van der Waals surface area contributed by atoms with Gasteiger partial charge in [-0.3, -0.25) is 0 Å². The Balaban J connectivity index is 1.52. The van der Waals surface area contributed by atoms with Gasteiger partial charge in [-0.1, -0.05) is 24.3 Å². The van der Waals surface area contributed by atoms with Gasteiger partial charge >= 0.3 is 0 Å². The lowest BCUT2D eigenvalue weighted by atomic mass is 10.1. The van der Waals surface area contributed by atoms with Crippen LogP contribution >= 0.6 is 0 Å². The van der Waals surface area contributed by atoms with Crippen LogP contribution in [0.4, 0.5) is 0 Å². The van der Waals surface area contributed by atoms with Crippen molar-refractivity contribution in [2.75, 3.05) is 6.61 Å². The van der Waals surface area contributed by atoms with Crippen molar-refractivity contribution in [2.24, 2.45) is 5.92 Å². The Morgan fingerprint density at radius 1 is 1.06 bits per heavy atom. The second-order valence-electron chi connectivity index (χ2n) is 5.38. The van der Waals surface area contributed by atoms with Crippen molar-refractivity contribution in [2.45, 2.75) is 44.9 Å². The summed E-state index contributed by atoms with van der Waals surface area (Å²) < 4.78 is 5.78. The third-order valence-corrected chi connectivity index (χ3v) is 3.58. The Labute approximate surface area is 103 Å². The first-order valence-electron chi connectivity index (χ1n) is 6.80. The van der Waals surface area contributed by atoms with Crippen LogP contribution in [0.5, 0.6) is 0 Å². The first-order valence-corrected chi connectivity index (χ1v) is 6.80. The van der Waals surface area contributed by atoms with E-state index in [-0.39, 0.29) is 0 Å². The van der Waals surface area contributed by atoms with E-state index in [9.17, 15) is 0 Å². The molecule has 2 aliphatic carbocycles. The molecule has 2 heteroatoms. The minimum absolute atomic E-state index is 0.774. The molecule has 0 spiro atoms. The van der Waals surface area contributed by atoms with E-state index in [1.165, 1.54) is 36.8 Å². The van der Waals surface area contributed by atoms with Gasteiger partial charge < -0.3 is 10.1 Å². The highest BCUT2D eigenvalue weighted by molar-refractivity contribution is 5.26. The Bertz CT molecular complexity index is 369. The van der Waals surface area contributed by atoms with Crippen LogP contribution in [0.25, 0.3) is 0 Å². The molecular weight excluding hydrogens is 210 g/mol. The lowest BCUT2D eigenvalue weighted by Crippen LogP contribution is -2.16. The lowest BCUT2D eigenvalue weighted by Gasteiger charge is -2.10. The lowest BCUT2D eigenvalue weighted by molar-refractivity contribution is 0.110. The quantitative estimate of drug-likeness (QED) is 0.779. The van der Waals surface area contributed by atoms with Gasteiger partial charge in [-0.05, 0) is 42.7 Å². The van der Waals surface area contributed by atoms with Crippen LogP contribution in [0.3, 0.4) is 0 Å². The van der Waals surface area contributed by atoms with Gasteiger partial charge in [0, 0.05) is 19.2 Å². The van der Waals surface area contributed by atoms with Gasteiger partial charge in [0.25, 0.3) is 0 Å². The summed E-state index contributed by atoms with van der Waals surface area (Å²) in [5.74, 6) is 0.853. The van der Waals surface area contributed by atoms with E-state index in [1.807, 2.05) is 0 Å². The maximum Gasteiger partial charge on any atom is 0.0720 e. The first kappa shape index (κ1) is 11.2. The highest BCUT2D eigenvalue weighted by Crippen LogP contribution is 2.29. The average molecular weight is 231 g/mol. The number of benzene rings is 1. The predicted molar refractivity (Wildman–Crippen MR) is 68.7 cm³/mol. The molecular formula is C15H21NO. The van der Waals surface area contributed by atoms with Crippen LogP contribution < -0.4 is 5.32 Å². The van der Waals surface area contributed by atoms with E-state index in [2.05, 4.69) is 29.6 Å². The van der Waals surface area contributed by atoms with Crippen LogP contribution in [-0.2, 0) is 17.9 Å². The average Bonchev–Trinajstić information content (AvgIpc) is 3.23. The molecule has 2 fully saturated rings. The third kappa shape index (κ3) is 3.55. The Morgan fingerprint density at radius 2 is 1.82 bits per heavy atom. The molecule has 17 heavy (non-hydrogen) atoms. The molecule has 1 aromatic rings. The van der Waals surface area contributed by atoms with Gasteiger partial charge in [0.05, 0.1) is 6.61 Å². The van der Waals surface area contributed by atoms with Crippen molar-refractivity contribution in [3.8, 4) is 0 Å². The van der Waals surface area contributed by atoms with Gasteiger partial charge in [0.1, 0.15) is 0 Å². The maximum absolute atomic E-state index is 5.78. The molecule has 92 valence electrons. The van der Waals surface area contributed by atoms with E-state index < -0.39 is 0 Å². The topological polar surface area (TPSA) is 21.3 Å². The standard InChI is InChI=1S/C15H21NO/c1-2-4-14(11-17-10-12-5-6-12)13(3-1)9-16-15-7-8-15/h1-4,12,15-16H,5-11H2. The van der Waals surface area contributed by atoms with Crippen LogP contribution in [0.1, 0.15) is 36.8 Å². The molecule has 2 aliphatic rings. The highest BCUT2D eigenvalue weighted by atomic mass is 16.5. The molecule has 1 aromatic carbocycles. The van der Waals surface area contributed by atoms with Crippen LogP contribution in [0.2, 0.25) is 0 Å². The van der Waals surface area contributed by atoms with Crippen LogP contribution in [0, 0.1) is 5.92 Å². The molecule has 1 N–H and O–H groups in total. The largest absolute Gasteiger partial charge is 0.376 e. The monoisotopic (exact) mass is 231 g/mol. The number of rotatable bonds is 7. The molecule has 0 atom stereocenters. The van der Waals surface area contributed by atoms with Crippen molar-refractivity contribution in [1.82, 2.24) is 5.32 Å². The zero-order valence-corrected chi connectivity index (χ0v) is 10.3. The number of hydrogen-bond acceptors (Lipinski definition) is 2. The molecule has 0 unspecified atom stereocenters. The smallest absolute Gasteiger partial charge is 0.0720 e. The SMILES string of the molecule is c1ccc(COCC2CC2)c(CNC2CC2)c1. The fourth-order valence-electron chi connectivity index (χ4n) is 2.03. The number of nitrogens with one attached hydrogen (secondary N) is 1. The highest BCUT2D eigenvalue weighted by Gasteiger charge is 2.22. The van der Waals surface area contributed by atoms with E-state index in [4.69, 9.17) is 4.74 Å². The van der Waals surface area contributed by atoms with E-state index in [0.29, 0.717) is 0 Å². The molecule has 3 rings (SSSR count). The van der Waals surface area contributed by atoms with Gasteiger partial charge in [-0.25, -0.2) is 0 Å². The minimum atomic E-state index is 0.774. The molecule has 0 saturated heterocycles. The summed E-state index contributed by atoms with van der Waals surface area (Å²) in [6, 6.07) is 9.41. The molecule has 2 saturated carbocycles. The second kappa shape index (κ2) is 5.19. The van der Waals surface area contributed by atoms with Crippen LogP contribution in [-0.4, -0.2) is 12.6 Å². The van der Waals surface area contributed by atoms with Gasteiger partial charge in [-0.15, -0.1) is 0 Å². The summed E-state index contributed by atoms with van der Waals surface area (Å²) in [6.07, 6.45) is 5.43. The summed E-state index contributed by atoms with van der Waals surface area (Å²) >= 11 is 0. The van der Waals surface area contributed by atoms with Gasteiger partial charge in [0.2, 0.25) is 0 Å². The number of hydrogen-bond donors (Lipinski definition) is 1. The molecule has 0 aromatic heterocycles. The normalized spacial score (nSPS) is 19.5. The van der Waals surface area contributed by atoms with Gasteiger partial charge in [-0.2, -0.15) is 0 Å². The van der Waals surface area contributed by atoms with Gasteiger partial charge in [0.15, 0.2) is 0 Å². The molecule has 0 heterocycles. The predicted octanol–water partition coefficient (Wildman–Crippen LogP) is 2.87. The second-order valence-corrected chi connectivity index (χ2v) is 5.38. The summed E-state index contributed by atoms with van der Waals surface area (Å²) in [5, 5.41) is 3.57. The Hall–Kier alpha value is -0.860. The van der Waals surface area contributed by atoms with Crippen molar-refractivity contribution in [3.05, 3.63) is 35.4 Å². The summed E-state index contributed by atoms with van der Waals surface area (Å²) in [5.41, 5.74) is 2.75. The van der Waals surface area contributed by atoms with E-state index in [0.717, 1.165) is 31.7 Å². The third-order valence-electron chi connectivity index (χ3n) is 3.58. The molecule has 0 bridgehead atoms. The summed E-state index contributed by atoms with van der Waals surface area (Å²) in [4.78, 5) is 0. The zero-order chi connectivity index (χ0) is 11.5. The first-order chi connectivity index (χ1) is 8.42. The number of ether oxygens (including phenoxy) is 1. The summed E-state index contributed by atoms with van der Waals surface area (Å²) in [6.45, 7) is 2.72. The maximum atomic E-state index is 5.78. The molecule has 2 nitrogen and oxygen atoms in total. The Kier molecular flexibility index (Phi) is 3.44. The van der Waals surface area contributed by atoms with Crippen molar-refractivity contribution in [3.63, 3.8) is 0 Å². The minimum Gasteiger partial charge on any atom is -0.376 e.